The quantitative estimate of drug-likeness (QED) is 0.709. The van der Waals surface area contributed by atoms with E-state index in [-0.39, 0.29) is 11.4 Å². The summed E-state index contributed by atoms with van der Waals surface area (Å²) in [5.74, 6) is 0.920. The molecule has 0 spiro atoms. The molecular formula is C15H13N7O. The van der Waals surface area contributed by atoms with Crippen LogP contribution in [0.4, 0.5) is 5.69 Å². The molecule has 23 heavy (non-hydrogen) atoms. The van der Waals surface area contributed by atoms with Gasteiger partial charge in [-0.15, -0.1) is 10.2 Å². The maximum Gasteiger partial charge on any atom is 0.216 e. The third kappa shape index (κ3) is 2.80. The summed E-state index contributed by atoms with van der Waals surface area (Å²) in [5, 5.41) is 26.5. The predicted molar refractivity (Wildman–Crippen MR) is 84.4 cm³/mol. The molecule has 0 saturated heterocycles. The Morgan fingerprint density at radius 1 is 1.35 bits per heavy atom. The second-order valence-corrected chi connectivity index (χ2v) is 4.71. The van der Waals surface area contributed by atoms with Crippen molar-refractivity contribution in [1.82, 2.24) is 25.6 Å². The highest BCUT2D eigenvalue weighted by Gasteiger charge is 2.09. The summed E-state index contributed by atoms with van der Waals surface area (Å²) >= 11 is 0. The Bertz CT molecular complexity index is 909. The lowest BCUT2D eigenvalue weighted by Gasteiger charge is -2.10. The third-order valence-corrected chi connectivity index (χ3v) is 3.26. The predicted octanol–water partition coefficient (Wildman–Crippen LogP) is 2.04. The van der Waals surface area contributed by atoms with Crippen LogP contribution in [0.15, 0.2) is 30.5 Å². The number of methoxy groups -OCH3 is 1. The number of aryl methyl sites for hydroxylation is 1. The molecule has 0 unspecified atom stereocenters. The van der Waals surface area contributed by atoms with Crippen LogP contribution in [0.1, 0.15) is 11.5 Å². The first-order chi connectivity index (χ1) is 11.2. The zero-order chi connectivity index (χ0) is 16.2. The molecule has 3 aromatic rings. The van der Waals surface area contributed by atoms with Gasteiger partial charge in [-0.25, -0.2) is 4.98 Å². The number of anilines is 1. The summed E-state index contributed by atoms with van der Waals surface area (Å²) in [5.41, 5.74) is 2.71. The molecule has 0 fully saturated rings. The molecule has 1 aromatic carbocycles. The molecular weight excluding hydrogens is 294 g/mol. The number of fused-ring (bicyclic) bond motifs is 1. The van der Waals surface area contributed by atoms with Crippen molar-refractivity contribution in [3.8, 4) is 11.8 Å². The van der Waals surface area contributed by atoms with Crippen molar-refractivity contribution < 1.29 is 4.74 Å². The van der Waals surface area contributed by atoms with Crippen molar-refractivity contribution in [1.29, 1.82) is 5.26 Å². The number of hydrogen-bond donors (Lipinski definition) is 2. The van der Waals surface area contributed by atoms with Gasteiger partial charge in [0, 0.05) is 23.0 Å². The van der Waals surface area contributed by atoms with Crippen LogP contribution in [0.3, 0.4) is 0 Å². The van der Waals surface area contributed by atoms with Gasteiger partial charge in [0.1, 0.15) is 22.9 Å². The molecule has 2 aromatic heterocycles. The molecule has 0 amide bonds. The van der Waals surface area contributed by atoms with E-state index < -0.39 is 0 Å². The van der Waals surface area contributed by atoms with Gasteiger partial charge in [-0.1, -0.05) is 0 Å². The van der Waals surface area contributed by atoms with Crippen LogP contribution >= 0.6 is 0 Å². The van der Waals surface area contributed by atoms with Crippen LogP contribution in [0.2, 0.25) is 0 Å². The molecule has 0 aliphatic heterocycles. The Balaban J connectivity index is 2.03. The average molecular weight is 307 g/mol. The number of nitriles is 1. The van der Waals surface area contributed by atoms with Gasteiger partial charge >= 0.3 is 0 Å². The topological polar surface area (TPSA) is 112 Å². The number of benzene rings is 1. The Morgan fingerprint density at radius 3 is 2.91 bits per heavy atom. The number of nitrogens with one attached hydrogen (secondary N) is 2. The van der Waals surface area contributed by atoms with E-state index in [0.717, 1.165) is 22.3 Å². The zero-order valence-electron chi connectivity index (χ0n) is 12.5. The minimum absolute atomic E-state index is 0.229. The van der Waals surface area contributed by atoms with E-state index in [9.17, 15) is 5.26 Å². The van der Waals surface area contributed by atoms with Crippen molar-refractivity contribution in [2.45, 2.75) is 6.92 Å². The highest BCUT2D eigenvalue weighted by Crippen LogP contribution is 2.30. The van der Waals surface area contributed by atoms with Crippen LogP contribution in [0.5, 0.6) is 5.75 Å². The Morgan fingerprint density at radius 2 is 2.22 bits per heavy atom. The summed E-state index contributed by atoms with van der Waals surface area (Å²) in [6, 6.07) is 9.59. The van der Waals surface area contributed by atoms with Crippen LogP contribution in [0, 0.1) is 18.3 Å². The number of aromatic amines is 1. The SMILES string of the molecule is COc1ccc(NC=C(C#N)c2nn[nH]n2)c2ccc(C)nc12. The smallest absolute Gasteiger partial charge is 0.216 e. The minimum Gasteiger partial charge on any atom is -0.494 e. The maximum absolute atomic E-state index is 9.20. The van der Waals surface area contributed by atoms with E-state index >= 15 is 0 Å². The molecule has 0 saturated carbocycles. The number of nitrogens with zero attached hydrogens (tertiary/aromatic N) is 5. The molecule has 8 heteroatoms. The van der Waals surface area contributed by atoms with E-state index in [1.54, 1.807) is 7.11 Å². The van der Waals surface area contributed by atoms with Crippen molar-refractivity contribution in [2.75, 3.05) is 12.4 Å². The largest absolute Gasteiger partial charge is 0.494 e. The molecule has 0 bridgehead atoms. The molecule has 8 nitrogen and oxygen atoms in total. The van der Waals surface area contributed by atoms with Gasteiger partial charge < -0.3 is 10.1 Å². The normalized spacial score (nSPS) is 11.3. The summed E-state index contributed by atoms with van der Waals surface area (Å²) < 4.78 is 5.35. The van der Waals surface area contributed by atoms with Gasteiger partial charge in [-0.3, -0.25) is 0 Å². The summed E-state index contributed by atoms with van der Waals surface area (Å²) in [6.45, 7) is 1.92. The van der Waals surface area contributed by atoms with Crippen molar-refractivity contribution in [3.63, 3.8) is 0 Å². The van der Waals surface area contributed by atoms with Crippen molar-refractivity contribution in [2.24, 2.45) is 0 Å². The molecule has 2 N–H and O–H groups in total. The van der Waals surface area contributed by atoms with Gasteiger partial charge in [0.2, 0.25) is 5.82 Å². The van der Waals surface area contributed by atoms with E-state index in [1.165, 1.54) is 6.20 Å². The second-order valence-electron chi connectivity index (χ2n) is 4.71. The van der Waals surface area contributed by atoms with Gasteiger partial charge in [-0.05, 0) is 36.4 Å². The van der Waals surface area contributed by atoms with E-state index in [1.807, 2.05) is 37.3 Å². The van der Waals surface area contributed by atoms with Gasteiger partial charge in [0.15, 0.2) is 0 Å². The van der Waals surface area contributed by atoms with Gasteiger partial charge in [-0.2, -0.15) is 10.5 Å². The lowest BCUT2D eigenvalue weighted by atomic mass is 10.1. The first kappa shape index (κ1) is 14.5. The average Bonchev–Trinajstić information content (AvgIpc) is 3.09. The first-order valence-electron chi connectivity index (χ1n) is 6.78. The van der Waals surface area contributed by atoms with Crippen molar-refractivity contribution in [3.05, 3.63) is 42.0 Å². The molecule has 0 atom stereocenters. The van der Waals surface area contributed by atoms with E-state index in [4.69, 9.17) is 4.74 Å². The highest BCUT2D eigenvalue weighted by molar-refractivity contribution is 5.96. The summed E-state index contributed by atoms with van der Waals surface area (Å²) in [6.07, 6.45) is 1.53. The van der Waals surface area contributed by atoms with Crippen LogP contribution < -0.4 is 10.1 Å². The number of tetrazole rings is 1. The fraction of sp³-hybridized carbons (Fsp3) is 0.133. The summed E-state index contributed by atoms with van der Waals surface area (Å²) in [7, 11) is 1.61. The van der Waals surface area contributed by atoms with E-state index in [0.29, 0.717) is 5.75 Å². The summed E-state index contributed by atoms with van der Waals surface area (Å²) in [4.78, 5) is 4.51. The molecule has 114 valence electrons. The van der Waals surface area contributed by atoms with Crippen LogP contribution in [-0.4, -0.2) is 32.7 Å². The number of ether oxygens (including phenoxy) is 1. The number of allylic oxidation sites excluding steroid dienone is 1. The first-order valence-corrected chi connectivity index (χ1v) is 6.78. The lowest BCUT2D eigenvalue weighted by molar-refractivity contribution is 0.419. The third-order valence-electron chi connectivity index (χ3n) is 3.26. The van der Waals surface area contributed by atoms with Gasteiger partial charge in [0.25, 0.3) is 0 Å². The minimum atomic E-state index is 0.229. The number of pyridine rings is 1. The Kier molecular flexibility index (Phi) is 3.84. The molecule has 0 aliphatic rings. The number of hydrogen-bond acceptors (Lipinski definition) is 7. The second kappa shape index (κ2) is 6.11. The number of rotatable bonds is 4. The fourth-order valence-corrected chi connectivity index (χ4v) is 2.15. The van der Waals surface area contributed by atoms with Crippen molar-refractivity contribution >= 4 is 22.2 Å². The van der Waals surface area contributed by atoms with E-state index in [2.05, 4.69) is 30.9 Å². The number of H-pyrrole nitrogens is 1. The van der Waals surface area contributed by atoms with Gasteiger partial charge in [0.05, 0.1) is 7.11 Å². The highest BCUT2D eigenvalue weighted by atomic mass is 16.5. The Hall–Kier alpha value is -3.47. The Labute approximate surface area is 131 Å². The monoisotopic (exact) mass is 307 g/mol. The standard InChI is InChI=1S/C15H13N7O/c1-9-3-4-11-12(5-6-13(23-2)14(11)18-9)17-8-10(7-16)15-19-21-22-20-15/h3-6,8,17H,1-2H3,(H,19,20,21,22). The zero-order valence-corrected chi connectivity index (χ0v) is 12.5. The maximum atomic E-state index is 9.20. The van der Waals surface area contributed by atoms with Crippen LogP contribution in [0.25, 0.3) is 16.5 Å². The molecule has 0 radical (unpaired) electrons. The van der Waals surface area contributed by atoms with Crippen LogP contribution in [-0.2, 0) is 0 Å². The number of aromatic nitrogens is 5. The molecule has 0 aliphatic carbocycles. The molecule has 2 heterocycles. The fourth-order valence-electron chi connectivity index (χ4n) is 2.15. The molecule has 3 rings (SSSR count). The lowest BCUT2D eigenvalue weighted by Crippen LogP contribution is -1.96.